The van der Waals surface area contributed by atoms with Crippen LogP contribution in [-0.2, 0) is 9.53 Å². The van der Waals surface area contributed by atoms with Crippen LogP contribution in [0.2, 0.25) is 0 Å². The van der Waals surface area contributed by atoms with Gasteiger partial charge in [0.05, 0.1) is 5.56 Å². The molecule has 0 bridgehead atoms. The molecule has 1 N–H and O–H groups in total. The summed E-state index contributed by atoms with van der Waals surface area (Å²) in [7, 11) is 0. The van der Waals surface area contributed by atoms with Crippen LogP contribution in [-0.4, -0.2) is 46.0 Å². The molecule has 0 aromatic heterocycles. The smallest absolute Gasteiger partial charge is 0.335 e. The Labute approximate surface area is 141 Å². The molecule has 1 heterocycles. The van der Waals surface area contributed by atoms with E-state index in [9.17, 15) is 14.4 Å². The molecule has 1 fully saturated rings. The van der Waals surface area contributed by atoms with E-state index in [0.717, 1.165) is 0 Å². The lowest BCUT2D eigenvalue weighted by atomic mass is 10.0. The molecule has 2 rings (SSSR count). The van der Waals surface area contributed by atoms with Crippen molar-refractivity contribution in [3.05, 3.63) is 34.9 Å². The van der Waals surface area contributed by atoms with Gasteiger partial charge in [-0.15, -0.1) is 0 Å². The molecule has 1 amide bonds. The minimum absolute atomic E-state index is 0.0614. The minimum atomic E-state index is -1.09. The van der Waals surface area contributed by atoms with Crippen molar-refractivity contribution in [3.63, 3.8) is 0 Å². The maximum atomic E-state index is 12.8. The summed E-state index contributed by atoms with van der Waals surface area (Å²) in [6, 6.07) is 3.88. The molecule has 0 saturated carbocycles. The summed E-state index contributed by atoms with van der Waals surface area (Å²) in [5.41, 5.74) is 0.411. The van der Waals surface area contributed by atoms with Crippen molar-refractivity contribution in [1.29, 1.82) is 0 Å². The number of esters is 1. The van der Waals surface area contributed by atoms with Gasteiger partial charge in [0.15, 0.2) is 0 Å². The van der Waals surface area contributed by atoms with Crippen LogP contribution in [0.5, 0.6) is 0 Å². The van der Waals surface area contributed by atoms with Crippen LogP contribution in [0, 0.1) is 6.92 Å². The number of carboxylic acids is 1. The van der Waals surface area contributed by atoms with Crippen molar-refractivity contribution in [2.24, 2.45) is 0 Å². The van der Waals surface area contributed by atoms with Crippen molar-refractivity contribution in [3.8, 4) is 0 Å². The molecular formula is C18H23NO5. The van der Waals surface area contributed by atoms with Crippen LogP contribution < -0.4 is 0 Å². The van der Waals surface area contributed by atoms with E-state index in [1.54, 1.807) is 33.8 Å². The number of hydrogen-bond donors (Lipinski definition) is 1. The number of amides is 1. The summed E-state index contributed by atoms with van der Waals surface area (Å²) in [5.74, 6) is -1.84. The zero-order valence-electron chi connectivity index (χ0n) is 14.5. The predicted molar refractivity (Wildman–Crippen MR) is 88.0 cm³/mol. The van der Waals surface area contributed by atoms with Gasteiger partial charge in [-0.25, -0.2) is 9.59 Å². The highest BCUT2D eigenvalue weighted by Gasteiger charge is 2.37. The Bertz CT molecular complexity index is 674. The van der Waals surface area contributed by atoms with Gasteiger partial charge < -0.3 is 14.7 Å². The summed E-state index contributed by atoms with van der Waals surface area (Å²) in [5, 5.41) is 9.15. The third kappa shape index (κ3) is 4.13. The molecule has 6 nitrogen and oxygen atoms in total. The van der Waals surface area contributed by atoms with Crippen LogP contribution in [0.3, 0.4) is 0 Å². The lowest BCUT2D eigenvalue weighted by molar-refractivity contribution is -0.159. The quantitative estimate of drug-likeness (QED) is 0.860. The van der Waals surface area contributed by atoms with Gasteiger partial charge in [0.2, 0.25) is 0 Å². The number of ether oxygens (including phenoxy) is 1. The van der Waals surface area contributed by atoms with Gasteiger partial charge in [-0.2, -0.15) is 0 Å². The van der Waals surface area contributed by atoms with Gasteiger partial charge in [-0.3, -0.25) is 4.79 Å². The summed E-state index contributed by atoms with van der Waals surface area (Å²) < 4.78 is 5.40. The molecule has 0 aliphatic carbocycles. The Kier molecular flexibility index (Phi) is 4.96. The van der Waals surface area contributed by atoms with E-state index in [1.165, 1.54) is 17.0 Å². The highest BCUT2D eigenvalue weighted by Crippen LogP contribution is 2.24. The van der Waals surface area contributed by atoms with Gasteiger partial charge in [-0.05, 0) is 64.3 Å². The Morgan fingerprint density at radius 2 is 1.79 bits per heavy atom. The molecule has 130 valence electrons. The van der Waals surface area contributed by atoms with Gasteiger partial charge in [0.1, 0.15) is 11.6 Å². The lowest BCUT2D eigenvalue weighted by Gasteiger charge is -2.27. The van der Waals surface area contributed by atoms with Crippen LogP contribution in [0.4, 0.5) is 0 Å². The average molecular weight is 333 g/mol. The second-order valence-corrected chi connectivity index (χ2v) is 7.08. The number of nitrogens with zero attached hydrogens (tertiary/aromatic N) is 1. The monoisotopic (exact) mass is 333 g/mol. The van der Waals surface area contributed by atoms with E-state index in [2.05, 4.69) is 0 Å². The molecule has 24 heavy (non-hydrogen) atoms. The average Bonchev–Trinajstić information content (AvgIpc) is 2.93. The Balaban J connectivity index is 2.25. The fraction of sp³-hybridized carbons (Fsp3) is 0.500. The number of carbonyl (C=O) groups is 3. The molecule has 1 saturated heterocycles. The number of aromatic carboxylic acids is 1. The highest BCUT2D eigenvalue weighted by molar-refractivity contribution is 5.99. The number of rotatable bonds is 3. The number of carboxylic acid groups (broad SMARTS) is 1. The van der Waals surface area contributed by atoms with E-state index < -0.39 is 23.6 Å². The Hall–Kier alpha value is -2.37. The Morgan fingerprint density at radius 3 is 2.38 bits per heavy atom. The second kappa shape index (κ2) is 6.63. The fourth-order valence-corrected chi connectivity index (χ4v) is 2.82. The largest absolute Gasteiger partial charge is 0.478 e. The third-order valence-electron chi connectivity index (χ3n) is 3.76. The highest BCUT2D eigenvalue weighted by atomic mass is 16.6. The predicted octanol–water partition coefficient (Wildman–Crippen LogP) is 2.64. The normalized spacial score (nSPS) is 17.7. The molecule has 1 aromatic carbocycles. The van der Waals surface area contributed by atoms with Crippen LogP contribution in [0.25, 0.3) is 0 Å². The zero-order chi connectivity index (χ0) is 18.1. The van der Waals surface area contributed by atoms with E-state index >= 15 is 0 Å². The molecule has 6 heteroatoms. The second-order valence-electron chi connectivity index (χ2n) is 7.08. The van der Waals surface area contributed by atoms with Crippen LogP contribution >= 0.6 is 0 Å². The minimum Gasteiger partial charge on any atom is -0.478 e. The van der Waals surface area contributed by atoms with Crippen LogP contribution in [0.15, 0.2) is 18.2 Å². The van der Waals surface area contributed by atoms with E-state index in [4.69, 9.17) is 9.84 Å². The summed E-state index contributed by atoms with van der Waals surface area (Å²) >= 11 is 0. The molecule has 1 aliphatic heterocycles. The van der Waals surface area contributed by atoms with Gasteiger partial charge in [0.25, 0.3) is 5.91 Å². The SMILES string of the molecule is Cc1cc(C(=O)O)cc(C(=O)N2CCC[C@@H]2C(=O)OC(C)(C)C)c1. The molecular weight excluding hydrogens is 310 g/mol. The van der Waals surface area contributed by atoms with E-state index in [0.29, 0.717) is 24.9 Å². The summed E-state index contributed by atoms with van der Waals surface area (Å²) in [6.07, 6.45) is 1.27. The van der Waals surface area contributed by atoms with Crippen LogP contribution in [0.1, 0.15) is 59.9 Å². The fourth-order valence-electron chi connectivity index (χ4n) is 2.82. The molecule has 1 aromatic rings. The molecule has 1 atom stereocenters. The number of carbonyl (C=O) groups excluding carboxylic acids is 2. The van der Waals surface area contributed by atoms with Gasteiger partial charge in [-0.1, -0.05) is 0 Å². The summed E-state index contributed by atoms with van der Waals surface area (Å²) in [4.78, 5) is 37.8. The third-order valence-corrected chi connectivity index (χ3v) is 3.76. The van der Waals surface area contributed by atoms with E-state index in [1.807, 2.05) is 0 Å². The molecule has 0 spiro atoms. The topological polar surface area (TPSA) is 83.9 Å². The zero-order valence-corrected chi connectivity index (χ0v) is 14.5. The number of likely N-dealkylation sites (tertiary alicyclic amines) is 1. The number of hydrogen-bond acceptors (Lipinski definition) is 4. The van der Waals surface area contributed by atoms with E-state index in [-0.39, 0.29) is 17.0 Å². The van der Waals surface area contributed by atoms with Crippen molar-refractivity contribution >= 4 is 17.8 Å². The number of benzene rings is 1. The van der Waals surface area contributed by atoms with Crippen molar-refractivity contribution in [2.75, 3.05) is 6.54 Å². The maximum absolute atomic E-state index is 12.8. The first-order chi connectivity index (χ1) is 11.1. The first kappa shape index (κ1) is 18.0. The maximum Gasteiger partial charge on any atom is 0.335 e. The van der Waals surface area contributed by atoms with Crippen molar-refractivity contribution < 1.29 is 24.2 Å². The summed E-state index contributed by atoms with van der Waals surface area (Å²) in [6.45, 7) is 7.54. The van der Waals surface area contributed by atoms with Crippen molar-refractivity contribution in [2.45, 2.75) is 52.2 Å². The van der Waals surface area contributed by atoms with Gasteiger partial charge in [0, 0.05) is 12.1 Å². The number of aryl methyl sites for hydroxylation is 1. The first-order valence-corrected chi connectivity index (χ1v) is 7.97. The van der Waals surface area contributed by atoms with Crippen molar-refractivity contribution in [1.82, 2.24) is 4.90 Å². The molecule has 0 unspecified atom stereocenters. The standard InChI is InChI=1S/C18H23NO5/c1-11-8-12(10-13(9-11)16(21)22)15(20)19-7-5-6-14(19)17(23)24-18(2,3)4/h8-10,14H,5-7H2,1-4H3,(H,21,22)/t14-/m1/s1. The lowest BCUT2D eigenvalue weighted by Crippen LogP contribution is -2.43. The Morgan fingerprint density at radius 1 is 1.17 bits per heavy atom. The van der Waals surface area contributed by atoms with Gasteiger partial charge >= 0.3 is 11.9 Å². The molecule has 1 aliphatic rings. The first-order valence-electron chi connectivity index (χ1n) is 7.97. The molecule has 0 radical (unpaired) electrons.